The van der Waals surface area contributed by atoms with Gasteiger partial charge in [0.25, 0.3) is 0 Å². The highest BCUT2D eigenvalue weighted by atomic mass is 16.5. The summed E-state index contributed by atoms with van der Waals surface area (Å²) in [5.41, 5.74) is 0. The maximum atomic E-state index is 12.5. The van der Waals surface area contributed by atoms with Crippen molar-refractivity contribution in [1.82, 2.24) is 5.32 Å². The monoisotopic (exact) mass is 634 g/mol. The molecule has 0 aliphatic carbocycles. The Morgan fingerprint density at radius 1 is 0.578 bits per heavy atom. The number of hydrogen-bond acceptors (Lipinski definition) is 4. The van der Waals surface area contributed by atoms with Crippen molar-refractivity contribution in [3.63, 3.8) is 0 Å². The van der Waals surface area contributed by atoms with Crippen LogP contribution >= 0.6 is 0 Å². The molecule has 0 saturated carbocycles. The molecule has 6 heteroatoms. The number of amides is 1. The van der Waals surface area contributed by atoms with Crippen LogP contribution in [0.15, 0.2) is 24.3 Å². The van der Waals surface area contributed by atoms with Crippen LogP contribution in [0.1, 0.15) is 194 Å². The fourth-order valence-electron chi connectivity index (χ4n) is 5.48. The van der Waals surface area contributed by atoms with Crippen molar-refractivity contribution in [2.24, 2.45) is 0 Å². The standard InChI is InChI=1S/C39H71NO5/c1-3-5-7-9-10-11-12-13-14-15-16-17-18-19-20-21-22-24-30-34-39(44)45-36(31-27-23-8-6-4-2)32-28-25-26-29-33-37(41)40-35-38(42)43/h13-14,27,31,36H,3-12,15-26,28-30,32-35H2,1-2H3,(H,40,41)(H,42,43)/b14-13-,31-27-. The Morgan fingerprint density at radius 2 is 1.02 bits per heavy atom. The van der Waals surface area contributed by atoms with E-state index in [1.54, 1.807) is 0 Å². The van der Waals surface area contributed by atoms with Crippen molar-refractivity contribution in [1.29, 1.82) is 0 Å². The summed E-state index contributed by atoms with van der Waals surface area (Å²) in [5, 5.41) is 11.0. The van der Waals surface area contributed by atoms with Crippen molar-refractivity contribution >= 4 is 17.8 Å². The summed E-state index contributed by atoms with van der Waals surface area (Å²) in [5.74, 6) is -1.33. The quantitative estimate of drug-likeness (QED) is 0.0418. The van der Waals surface area contributed by atoms with Gasteiger partial charge in [0.2, 0.25) is 5.91 Å². The van der Waals surface area contributed by atoms with Gasteiger partial charge in [-0.15, -0.1) is 0 Å². The molecule has 0 fully saturated rings. The van der Waals surface area contributed by atoms with Gasteiger partial charge < -0.3 is 15.2 Å². The minimum absolute atomic E-state index is 0.0886. The normalized spacial score (nSPS) is 12.2. The highest BCUT2D eigenvalue weighted by Gasteiger charge is 2.12. The number of hydrogen-bond donors (Lipinski definition) is 2. The van der Waals surface area contributed by atoms with Crippen LogP contribution in [0.3, 0.4) is 0 Å². The number of carboxylic acid groups (broad SMARTS) is 1. The van der Waals surface area contributed by atoms with Gasteiger partial charge in [-0.2, -0.15) is 0 Å². The van der Waals surface area contributed by atoms with E-state index in [1.807, 2.05) is 0 Å². The molecule has 0 aromatic carbocycles. The Hall–Kier alpha value is -2.11. The van der Waals surface area contributed by atoms with Crippen LogP contribution in [-0.2, 0) is 19.1 Å². The van der Waals surface area contributed by atoms with Crippen LogP contribution in [0, 0.1) is 0 Å². The predicted octanol–water partition coefficient (Wildman–Crippen LogP) is 11.2. The molecule has 0 saturated heterocycles. The van der Waals surface area contributed by atoms with E-state index in [2.05, 4.69) is 43.5 Å². The molecule has 1 atom stereocenters. The molecule has 0 spiro atoms. The second-order valence-corrected chi connectivity index (χ2v) is 12.8. The first-order valence-corrected chi connectivity index (χ1v) is 19.0. The van der Waals surface area contributed by atoms with Crippen molar-refractivity contribution in [2.45, 2.75) is 200 Å². The van der Waals surface area contributed by atoms with E-state index in [4.69, 9.17) is 9.84 Å². The Kier molecular flexibility index (Phi) is 33.1. The van der Waals surface area contributed by atoms with Crippen molar-refractivity contribution in [3.05, 3.63) is 24.3 Å². The number of carboxylic acids is 1. The van der Waals surface area contributed by atoms with E-state index in [9.17, 15) is 14.4 Å². The van der Waals surface area contributed by atoms with E-state index in [-0.39, 0.29) is 24.5 Å². The lowest BCUT2D eigenvalue weighted by molar-refractivity contribution is -0.147. The summed E-state index contributed by atoms with van der Waals surface area (Å²) in [6, 6.07) is 0. The third-order valence-electron chi connectivity index (χ3n) is 8.33. The Balaban J connectivity index is 3.89. The molecule has 6 nitrogen and oxygen atoms in total. The number of allylic oxidation sites excluding steroid dienone is 3. The number of ether oxygens (including phenoxy) is 1. The first-order valence-electron chi connectivity index (χ1n) is 19.0. The summed E-state index contributed by atoms with van der Waals surface area (Å²) in [4.78, 5) is 34.7. The molecule has 0 rings (SSSR count). The summed E-state index contributed by atoms with van der Waals surface area (Å²) in [7, 11) is 0. The number of carbonyl (C=O) groups excluding carboxylic acids is 2. The third-order valence-corrected chi connectivity index (χ3v) is 8.33. The molecule has 45 heavy (non-hydrogen) atoms. The molecule has 0 aliphatic rings. The van der Waals surface area contributed by atoms with Gasteiger partial charge in [-0.05, 0) is 70.3 Å². The largest absolute Gasteiger partial charge is 0.480 e. The number of carbonyl (C=O) groups is 3. The topological polar surface area (TPSA) is 92.7 Å². The van der Waals surface area contributed by atoms with Crippen molar-refractivity contribution < 1.29 is 24.2 Å². The molecule has 0 bridgehead atoms. The van der Waals surface area contributed by atoms with Crippen LogP contribution < -0.4 is 5.32 Å². The number of rotatable bonds is 34. The van der Waals surface area contributed by atoms with Crippen molar-refractivity contribution in [3.8, 4) is 0 Å². The molecule has 0 radical (unpaired) electrons. The third kappa shape index (κ3) is 34.6. The van der Waals surface area contributed by atoms with Crippen LogP contribution in [0.4, 0.5) is 0 Å². The van der Waals surface area contributed by atoms with Crippen LogP contribution in [0.2, 0.25) is 0 Å². The van der Waals surface area contributed by atoms with Gasteiger partial charge in [-0.3, -0.25) is 14.4 Å². The molecule has 0 aliphatic heterocycles. The van der Waals surface area contributed by atoms with E-state index in [0.29, 0.717) is 12.8 Å². The van der Waals surface area contributed by atoms with Crippen LogP contribution in [-0.4, -0.2) is 35.6 Å². The SMILES string of the molecule is CCCCC/C=C\C(CCCCCCC(=O)NCC(=O)O)OC(=O)CCCCCCCCCCC/C=C\CCCCCCCC. The van der Waals surface area contributed by atoms with Gasteiger partial charge in [-0.25, -0.2) is 0 Å². The van der Waals surface area contributed by atoms with E-state index < -0.39 is 5.97 Å². The van der Waals surface area contributed by atoms with Crippen LogP contribution in [0.25, 0.3) is 0 Å². The highest BCUT2D eigenvalue weighted by molar-refractivity contribution is 5.80. The lowest BCUT2D eigenvalue weighted by Crippen LogP contribution is -2.28. The number of aliphatic carboxylic acids is 1. The summed E-state index contributed by atoms with van der Waals surface area (Å²) in [6.07, 6.45) is 40.4. The predicted molar refractivity (Wildman–Crippen MR) is 189 cm³/mol. The molecule has 0 aromatic rings. The fourth-order valence-corrected chi connectivity index (χ4v) is 5.48. The molecule has 0 heterocycles. The highest BCUT2D eigenvalue weighted by Crippen LogP contribution is 2.15. The molecule has 262 valence electrons. The zero-order valence-electron chi connectivity index (χ0n) is 29.5. The summed E-state index contributed by atoms with van der Waals surface area (Å²) >= 11 is 0. The first-order chi connectivity index (χ1) is 22.0. The van der Waals surface area contributed by atoms with Gasteiger partial charge in [0.1, 0.15) is 12.6 Å². The average Bonchev–Trinajstić information content (AvgIpc) is 3.02. The van der Waals surface area contributed by atoms with Crippen molar-refractivity contribution in [2.75, 3.05) is 6.54 Å². The molecule has 0 aromatic heterocycles. The zero-order chi connectivity index (χ0) is 33.1. The first kappa shape index (κ1) is 42.9. The number of esters is 1. The lowest BCUT2D eigenvalue weighted by atomic mass is 10.1. The zero-order valence-corrected chi connectivity index (χ0v) is 29.5. The van der Waals surface area contributed by atoms with Gasteiger partial charge >= 0.3 is 11.9 Å². The maximum absolute atomic E-state index is 12.5. The summed E-state index contributed by atoms with van der Waals surface area (Å²) in [6.45, 7) is 4.14. The average molecular weight is 634 g/mol. The van der Waals surface area contributed by atoms with Gasteiger partial charge in [0.15, 0.2) is 0 Å². The Bertz CT molecular complexity index is 748. The van der Waals surface area contributed by atoms with E-state index >= 15 is 0 Å². The molecule has 2 N–H and O–H groups in total. The molecular weight excluding hydrogens is 562 g/mol. The fraction of sp³-hybridized carbons (Fsp3) is 0.821. The van der Waals surface area contributed by atoms with Gasteiger partial charge in [-0.1, -0.05) is 135 Å². The second-order valence-electron chi connectivity index (χ2n) is 12.8. The van der Waals surface area contributed by atoms with E-state index in [1.165, 1.54) is 109 Å². The number of unbranched alkanes of at least 4 members (excludes halogenated alkanes) is 21. The Labute approximate surface area is 277 Å². The smallest absolute Gasteiger partial charge is 0.322 e. The summed E-state index contributed by atoms with van der Waals surface area (Å²) < 4.78 is 5.84. The molecule has 1 unspecified atom stereocenters. The van der Waals surface area contributed by atoms with Crippen LogP contribution in [0.5, 0.6) is 0 Å². The maximum Gasteiger partial charge on any atom is 0.322 e. The van der Waals surface area contributed by atoms with Gasteiger partial charge in [0.05, 0.1) is 0 Å². The second kappa shape index (κ2) is 34.8. The minimum atomic E-state index is -1.03. The minimum Gasteiger partial charge on any atom is -0.480 e. The Morgan fingerprint density at radius 3 is 1.60 bits per heavy atom. The van der Waals surface area contributed by atoms with Gasteiger partial charge in [0, 0.05) is 12.8 Å². The molecule has 1 amide bonds. The lowest BCUT2D eigenvalue weighted by Gasteiger charge is -2.15. The number of nitrogens with one attached hydrogen (secondary N) is 1. The van der Waals surface area contributed by atoms with E-state index in [0.717, 1.165) is 57.8 Å². The molecular formula is C39H71NO5.